The number of anilines is 1. The number of carbonyl (C=O) groups is 1. The Morgan fingerprint density at radius 1 is 1.03 bits per heavy atom. The lowest BCUT2D eigenvalue weighted by Crippen LogP contribution is -2.38. The standard InChI is InChI=1S/C29H28FN3OS/c1-2-19-13-15-20(16-14-19)27-25-11-7-17-32(25)28-22(21-8-3-6-12-26(21)35-28)18-33(27)29(34)31-24-10-5-4-9-23(24)30/h4-5,7,9-11,13-17,27H,2-3,6,8,12,18H2,1H3,(H,31,34)/t27-/m1/s1. The maximum Gasteiger partial charge on any atom is 0.323 e. The molecule has 3 heterocycles. The number of rotatable bonds is 3. The molecule has 0 unspecified atom stereocenters. The third kappa shape index (κ3) is 3.86. The first-order valence-electron chi connectivity index (χ1n) is 12.4. The molecule has 1 N–H and O–H groups in total. The van der Waals surface area contributed by atoms with Crippen LogP contribution in [0.3, 0.4) is 0 Å². The largest absolute Gasteiger partial charge is 0.323 e. The number of thiophene rings is 1. The van der Waals surface area contributed by atoms with E-state index in [1.165, 1.54) is 45.5 Å². The molecule has 2 aliphatic rings. The molecule has 1 aliphatic heterocycles. The van der Waals surface area contributed by atoms with Gasteiger partial charge in [0.25, 0.3) is 0 Å². The highest BCUT2D eigenvalue weighted by Gasteiger charge is 2.36. The Labute approximate surface area is 209 Å². The molecule has 4 nitrogen and oxygen atoms in total. The summed E-state index contributed by atoms with van der Waals surface area (Å²) < 4.78 is 16.7. The van der Waals surface area contributed by atoms with Gasteiger partial charge in [-0.2, -0.15) is 0 Å². The Bertz CT molecular complexity index is 1390. The van der Waals surface area contributed by atoms with Crippen LogP contribution < -0.4 is 5.32 Å². The summed E-state index contributed by atoms with van der Waals surface area (Å²) in [5.41, 5.74) is 6.20. The smallest absolute Gasteiger partial charge is 0.310 e. The lowest BCUT2D eigenvalue weighted by molar-refractivity contribution is 0.194. The molecule has 1 aliphatic carbocycles. The molecule has 0 spiro atoms. The number of amides is 2. The summed E-state index contributed by atoms with van der Waals surface area (Å²) in [5.74, 6) is -0.434. The minimum Gasteiger partial charge on any atom is -0.310 e. The van der Waals surface area contributed by atoms with Crippen molar-refractivity contribution in [3.8, 4) is 5.00 Å². The molecule has 0 saturated carbocycles. The summed E-state index contributed by atoms with van der Waals surface area (Å²) in [7, 11) is 0. The minimum atomic E-state index is -0.434. The van der Waals surface area contributed by atoms with Crippen molar-refractivity contribution in [3.63, 3.8) is 0 Å². The van der Waals surface area contributed by atoms with E-state index < -0.39 is 5.82 Å². The number of nitrogens with zero attached hydrogens (tertiary/aromatic N) is 2. The zero-order valence-corrected chi connectivity index (χ0v) is 20.6. The number of aryl methyl sites for hydroxylation is 2. The van der Waals surface area contributed by atoms with E-state index in [2.05, 4.69) is 59.4 Å². The Morgan fingerprint density at radius 3 is 2.63 bits per heavy atom. The zero-order chi connectivity index (χ0) is 23.9. The molecule has 178 valence electrons. The first kappa shape index (κ1) is 22.1. The number of nitrogens with one attached hydrogen (secondary N) is 1. The van der Waals surface area contributed by atoms with Gasteiger partial charge in [0.2, 0.25) is 0 Å². The molecular weight excluding hydrogens is 457 g/mol. The van der Waals surface area contributed by atoms with Gasteiger partial charge in [0.1, 0.15) is 10.8 Å². The van der Waals surface area contributed by atoms with E-state index in [0.717, 1.165) is 30.5 Å². The number of aromatic nitrogens is 1. The van der Waals surface area contributed by atoms with Gasteiger partial charge in [0, 0.05) is 16.6 Å². The van der Waals surface area contributed by atoms with Crippen molar-refractivity contribution in [1.29, 1.82) is 0 Å². The highest BCUT2D eigenvalue weighted by Crippen LogP contribution is 2.44. The molecule has 2 amide bonds. The average Bonchev–Trinajstić information content (AvgIpc) is 3.47. The molecular formula is C29H28FN3OS. The zero-order valence-electron chi connectivity index (χ0n) is 19.8. The van der Waals surface area contributed by atoms with E-state index in [0.29, 0.717) is 6.54 Å². The Morgan fingerprint density at radius 2 is 1.83 bits per heavy atom. The summed E-state index contributed by atoms with van der Waals surface area (Å²) in [6.45, 7) is 2.63. The second-order valence-electron chi connectivity index (χ2n) is 9.33. The van der Waals surface area contributed by atoms with Gasteiger partial charge in [-0.1, -0.05) is 43.3 Å². The number of urea groups is 1. The number of carbonyl (C=O) groups excluding carboxylic acids is 1. The van der Waals surface area contributed by atoms with Gasteiger partial charge in [0.15, 0.2) is 0 Å². The number of fused-ring (bicyclic) bond motifs is 5. The summed E-state index contributed by atoms with van der Waals surface area (Å²) >= 11 is 1.87. The quantitative estimate of drug-likeness (QED) is 0.326. The third-order valence-corrected chi connectivity index (χ3v) is 8.59. The van der Waals surface area contributed by atoms with Crippen LogP contribution in [-0.4, -0.2) is 15.5 Å². The molecule has 2 aromatic carbocycles. The number of hydrogen-bond donors (Lipinski definition) is 1. The minimum absolute atomic E-state index is 0.199. The van der Waals surface area contributed by atoms with Gasteiger partial charge in [0.05, 0.1) is 24.0 Å². The first-order chi connectivity index (χ1) is 17.1. The Balaban J connectivity index is 1.50. The van der Waals surface area contributed by atoms with Gasteiger partial charge < -0.3 is 14.8 Å². The SMILES string of the molecule is CCc1ccc([C@@H]2c3cccn3-c3sc4c(c3CN2C(=O)Nc2ccccc2F)CCCC4)cc1. The van der Waals surface area contributed by atoms with Gasteiger partial charge in [-0.15, -0.1) is 11.3 Å². The molecule has 1 atom stereocenters. The number of halogens is 1. The molecule has 6 rings (SSSR count). The van der Waals surface area contributed by atoms with E-state index in [1.807, 2.05) is 16.2 Å². The van der Waals surface area contributed by atoms with E-state index in [4.69, 9.17) is 0 Å². The molecule has 0 fully saturated rings. The van der Waals surface area contributed by atoms with Crippen molar-refractivity contribution in [1.82, 2.24) is 9.47 Å². The monoisotopic (exact) mass is 485 g/mol. The van der Waals surface area contributed by atoms with Gasteiger partial charge in [-0.25, -0.2) is 9.18 Å². The summed E-state index contributed by atoms with van der Waals surface area (Å²) in [6, 6.07) is 18.5. The van der Waals surface area contributed by atoms with Crippen molar-refractivity contribution >= 4 is 23.1 Å². The number of hydrogen-bond acceptors (Lipinski definition) is 2. The van der Waals surface area contributed by atoms with E-state index in [1.54, 1.807) is 18.2 Å². The molecule has 0 saturated heterocycles. The van der Waals surface area contributed by atoms with E-state index >= 15 is 0 Å². The van der Waals surface area contributed by atoms with Gasteiger partial charge >= 0.3 is 6.03 Å². The van der Waals surface area contributed by atoms with Crippen LogP contribution in [0.15, 0.2) is 66.9 Å². The molecule has 4 aromatic rings. The average molecular weight is 486 g/mol. The molecule has 0 radical (unpaired) electrons. The molecule has 2 aromatic heterocycles. The van der Waals surface area contributed by atoms with Crippen LogP contribution in [0.1, 0.15) is 58.6 Å². The van der Waals surface area contributed by atoms with Crippen molar-refractivity contribution in [2.75, 3.05) is 5.32 Å². The van der Waals surface area contributed by atoms with Crippen LogP contribution in [-0.2, 0) is 25.8 Å². The topological polar surface area (TPSA) is 37.3 Å². The second-order valence-corrected chi connectivity index (χ2v) is 10.4. The van der Waals surface area contributed by atoms with E-state index in [-0.39, 0.29) is 17.8 Å². The third-order valence-electron chi connectivity index (χ3n) is 7.26. The highest BCUT2D eigenvalue weighted by molar-refractivity contribution is 7.15. The van der Waals surface area contributed by atoms with Crippen LogP contribution in [0.2, 0.25) is 0 Å². The van der Waals surface area contributed by atoms with Gasteiger partial charge in [-0.05, 0) is 73.1 Å². The summed E-state index contributed by atoms with van der Waals surface area (Å²) in [5, 5.41) is 4.08. The molecule has 6 heteroatoms. The fraction of sp³-hybridized carbons (Fsp3) is 0.276. The fourth-order valence-electron chi connectivity index (χ4n) is 5.42. The van der Waals surface area contributed by atoms with Crippen LogP contribution in [0.25, 0.3) is 5.00 Å². The number of para-hydroxylation sites is 1. The highest BCUT2D eigenvalue weighted by atomic mass is 32.1. The lowest BCUT2D eigenvalue weighted by atomic mass is 9.95. The maximum absolute atomic E-state index is 14.5. The van der Waals surface area contributed by atoms with Crippen molar-refractivity contribution in [2.24, 2.45) is 0 Å². The Kier molecular flexibility index (Phi) is 5.69. The number of benzene rings is 2. The predicted octanol–water partition coefficient (Wildman–Crippen LogP) is 7.26. The molecule has 0 bridgehead atoms. The van der Waals surface area contributed by atoms with Gasteiger partial charge in [-0.3, -0.25) is 0 Å². The van der Waals surface area contributed by atoms with Crippen molar-refractivity contribution < 1.29 is 9.18 Å². The molecule has 35 heavy (non-hydrogen) atoms. The fourth-order valence-corrected chi connectivity index (χ4v) is 6.83. The van der Waals surface area contributed by atoms with Crippen LogP contribution >= 0.6 is 11.3 Å². The van der Waals surface area contributed by atoms with Crippen molar-refractivity contribution in [3.05, 3.63) is 106 Å². The Hall–Kier alpha value is -3.38. The normalized spacial score (nSPS) is 16.7. The van der Waals surface area contributed by atoms with Crippen LogP contribution in [0.5, 0.6) is 0 Å². The maximum atomic E-state index is 14.5. The van der Waals surface area contributed by atoms with Crippen LogP contribution in [0, 0.1) is 5.82 Å². The second kappa shape index (κ2) is 9.00. The summed E-state index contributed by atoms with van der Waals surface area (Å²) in [6.07, 6.45) is 7.63. The summed E-state index contributed by atoms with van der Waals surface area (Å²) in [4.78, 5) is 17.2. The first-order valence-corrected chi connectivity index (χ1v) is 13.2. The van der Waals surface area contributed by atoms with Crippen LogP contribution in [0.4, 0.5) is 14.9 Å². The predicted molar refractivity (Wildman–Crippen MR) is 139 cm³/mol. The van der Waals surface area contributed by atoms with Crippen molar-refractivity contribution in [2.45, 2.75) is 51.6 Å². The van der Waals surface area contributed by atoms with E-state index in [9.17, 15) is 9.18 Å². The lowest BCUT2D eigenvalue weighted by Gasteiger charge is -2.31.